The lowest BCUT2D eigenvalue weighted by Gasteiger charge is -2.48. The molecule has 3 rings (SSSR count). The maximum Gasteiger partial charge on any atom is 0.302 e. The van der Waals surface area contributed by atoms with E-state index in [4.69, 9.17) is 9.47 Å². The van der Waals surface area contributed by atoms with Gasteiger partial charge in [-0.05, 0) is 88.5 Å². The van der Waals surface area contributed by atoms with Gasteiger partial charge in [-0.3, -0.25) is 4.79 Å². The molecule has 3 nitrogen and oxygen atoms in total. The summed E-state index contributed by atoms with van der Waals surface area (Å²) in [7, 11) is 0. The van der Waals surface area contributed by atoms with Crippen molar-refractivity contribution in [2.75, 3.05) is 13.2 Å². The van der Waals surface area contributed by atoms with Gasteiger partial charge in [-0.1, -0.05) is 54.4 Å². The van der Waals surface area contributed by atoms with E-state index in [1.165, 1.54) is 64.7 Å². The van der Waals surface area contributed by atoms with Gasteiger partial charge in [0.25, 0.3) is 0 Å². The third-order valence-electron chi connectivity index (χ3n) is 7.91. The monoisotopic (exact) mass is 482 g/mol. The van der Waals surface area contributed by atoms with E-state index in [1.54, 1.807) is 6.08 Å². The van der Waals surface area contributed by atoms with E-state index in [-0.39, 0.29) is 23.3 Å². The third-order valence-corrected chi connectivity index (χ3v) is 7.91. The summed E-state index contributed by atoms with van der Waals surface area (Å²) in [5.74, 6) is 0.833. The van der Waals surface area contributed by atoms with Gasteiger partial charge in [0, 0.05) is 24.9 Å². The average molecular weight is 483 g/mol. The largest absolute Gasteiger partial charge is 0.465 e. The lowest BCUT2D eigenvalue weighted by atomic mass is 9.57. The minimum atomic E-state index is -0.371. The molecule has 0 radical (unpaired) electrons. The molecule has 0 aromatic rings. The Hall–Kier alpha value is -0.900. The summed E-state index contributed by atoms with van der Waals surface area (Å²) in [5, 5.41) is 0. The van der Waals surface area contributed by atoms with Gasteiger partial charge < -0.3 is 9.47 Å². The zero-order valence-corrected chi connectivity index (χ0v) is 23.7. The maximum atomic E-state index is 13.8. The topological polar surface area (TPSA) is 35.5 Å². The number of rotatable bonds is 11. The van der Waals surface area contributed by atoms with Crippen LogP contribution >= 0.6 is 0 Å². The van der Waals surface area contributed by atoms with Crippen LogP contribution in [0.1, 0.15) is 132 Å². The van der Waals surface area contributed by atoms with Crippen molar-refractivity contribution in [3.05, 3.63) is 11.9 Å². The fourth-order valence-corrected chi connectivity index (χ4v) is 5.53. The van der Waals surface area contributed by atoms with Gasteiger partial charge in [-0.25, -0.2) is 4.39 Å². The van der Waals surface area contributed by atoms with E-state index < -0.39 is 0 Å². The molecule has 0 aliphatic heterocycles. The first-order valence-electron chi connectivity index (χ1n) is 14.2. The van der Waals surface area contributed by atoms with Crippen LogP contribution < -0.4 is 0 Å². The van der Waals surface area contributed by atoms with E-state index >= 15 is 0 Å². The Bertz CT molecular complexity index is 611. The molecule has 0 amide bonds. The van der Waals surface area contributed by atoms with Crippen LogP contribution in [0.25, 0.3) is 0 Å². The lowest BCUT2D eigenvalue weighted by Crippen LogP contribution is -2.37. The lowest BCUT2D eigenvalue weighted by molar-refractivity contribution is -0.142. The highest BCUT2D eigenvalue weighted by Gasteiger charge is 2.42. The van der Waals surface area contributed by atoms with Gasteiger partial charge in [-0.15, -0.1) is 0 Å². The standard InChI is InChI=1S/C21H37FO.C7H12O2.C2H6/c1-5-10-21(11-6-2)14-18(15-21)8-7-13-23-20(4)12-9-17(3)19(22)16-20;1-6(8)9-5-7(2)3-4-7;1-2/h16-18H,5-15H2,1-4H3;3-5H2,1-2H3;1-2H3/t17?,20-;;/m1../s1. The van der Waals surface area contributed by atoms with Gasteiger partial charge in [0.1, 0.15) is 5.83 Å². The molecular weight excluding hydrogens is 427 g/mol. The van der Waals surface area contributed by atoms with Crippen molar-refractivity contribution >= 4 is 5.97 Å². The Balaban J connectivity index is 0.000000437. The molecule has 1 unspecified atom stereocenters. The SMILES string of the molecule is CC.CC(=O)OCC1(C)CC1.CCCC1(CCC)CC(CCCO[C@@]2(C)C=C(F)C(C)CC2)C1. The molecule has 0 saturated heterocycles. The minimum absolute atomic E-state index is 0.0154. The zero-order valence-electron chi connectivity index (χ0n) is 23.7. The summed E-state index contributed by atoms with van der Waals surface area (Å²) >= 11 is 0. The summed E-state index contributed by atoms with van der Waals surface area (Å²) in [4.78, 5) is 10.3. The second-order valence-corrected chi connectivity index (χ2v) is 11.6. The first-order valence-corrected chi connectivity index (χ1v) is 14.2. The molecule has 2 atom stereocenters. The number of esters is 1. The summed E-state index contributed by atoms with van der Waals surface area (Å²) in [6.07, 6.45) is 16.7. The number of ether oxygens (including phenoxy) is 2. The molecule has 34 heavy (non-hydrogen) atoms. The molecule has 4 heteroatoms. The molecule has 3 aliphatic rings. The second kappa shape index (κ2) is 14.6. The van der Waals surface area contributed by atoms with Crippen molar-refractivity contribution in [2.45, 2.75) is 138 Å². The van der Waals surface area contributed by atoms with Crippen LogP contribution in [-0.4, -0.2) is 24.8 Å². The van der Waals surface area contributed by atoms with Gasteiger partial charge in [0.05, 0.1) is 12.2 Å². The first kappa shape index (κ1) is 31.1. The Morgan fingerprint density at radius 3 is 2.15 bits per heavy atom. The van der Waals surface area contributed by atoms with Crippen molar-refractivity contribution < 1.29 is 18.7 Å². The summed E-state index contributed by atoms with van der Waals surface area (Å²) in [6.45, 7) is 17.6. The van der Waals surface area contributed by atoms with Crippen LogP contribution in [0, 0.1) is 22.7 Å². The predicted molar refractivity (Wildman–Crippen MR) is 141 cm³/mol. The molecule has 0 aromatic carbocycles. The van der Waals surface area contributed by atoms with Crippen molar-refractivity contribution in [3.8, 4) is 0 Å². The molecule has 0 aromatic heterocycles. The fourth-order valence-electron chi connectivity index (χ4n) is 5.53. The van der Waals surface area contributed by atoms with Crippen LogP contribution in [0.3, 0.4) is 0 Å². The highest BCUT2D eigenvalue weighted by atomic mass is 19.1. The van der Waals surface area contributed by atoms with Crippen molar-refractivity contribution in [2.24, 2.45) is 22.7 Å². The van der Waals surface area contributed by atoms with Crippen LogP contribution in [0.5, 0.6) is 0 Å². The number of halogens is 1. The Kier molecular flexibility index (Phi) is 13.4. The van der Waals surface area contributed by atoms with Crippen molar-refractivity contribution in [1.29, 1.82) is 0 Å². The Morgan fingerprint density at radius 2 is 1.68 bits per heavy atom. The summed E-state index contributed by atoms with van der Waals surface area (Å²) in [6, 6.07) is 0. The van der Waals surface area contributed by atoms with E-state index in [0.717, 1.165) is 31.8 Å². The molecule has 0 spiro atoms. The predicted octanol–water partition coefficient (Wildman–Crippen LogP) is 9.20. The third kappa shape index (κ3) is 10.8. The molecule has 200 valence electrons. The van der Waals surface area contributed by atoms with Crippen LogP contribution in [-0.2, 0) is 14.3 Å². The minimum Gasteiger partial charge on any atom is -0.465 e. The second-order valence-electron chi connectivity index (χ2n) is 11.6. The Labute approximate surface area is 210 Å². The van der Waals surface area contributed by atoms with E-state index in [9.17, 15) is 9.18 Å². The molecule has 0 N–H and O–H groups in total. The number of allylic oxidation sites excluding steroid dienone is 1. The number of carbonyl (C=O) groups excluding carboxylic acids is 1. The van der Waals surface area contributed by atoms with Crippen molar-refractivity contribution in [3.63, 3.8) is 0 Å². The smallest absolute Gasteiger partial charge is 0.302 e. The fraction of sp³-hybridized carbons (Fsp3) is 0.900. The van der Waals surface area contributed by atoms with E-state index in [0.29, 0.717) is 17.4 Å². The van der Waals surface area contributed by atoms with E-state index in [1.807, 2.05) is 27.7 Å². The summed E-state index contributed by atoms with van der Waals surface area (Å²) < 4.78 is 24.7. The summed E-state index contributed by atoms with van der Waals surface area (Å²) in [5.41, 5.74) is 0.641. The average Bonchev–Trinajstić information content (AvgIpc) is 3.51. The van der Waals surface area contributed by atoms with Crippen LogP contribution in [0.4, 0.5) is 4.39 Å². The van der Waals surface area contributed by atoms with Crippen LogP contribution in [0.2, 0.25) is 0 Å². The van der Waals surface area contributed by atoms with Crippen molar-refractivity contribution in [1.82, 2.24) is 0 Å². The van der Waals surface area contributed by atoms with Gasteiger partial charge in [0.15, 0.2) is 0 Å². The normalized spacial score (nSPS) is 26.6. The number of carbonyl (C=O) groups is 1. The van der Waals surface area contributed by atoms with Crippen LogP contribution in [0.15, 0.2) is 11.9 Å². The zero-order chi connectivity index (χ0) is 25.8. The van der Waals surface area contributed by atoms with E-state index in [2.05, 4.69) is 20.8 Å². The molecule has 2 fully saturated rings. The maximum absolute atomic E-state index is 13.8. The highest BCUT2D eigenvalue weighted by molar-refractivity contribution is 5.65. The quantitative estimate of drug-likeness (QED) is 0.217. The molecule has 2 saturated carbocycles. The molecule has 3 aliphatic carbocycles. The highest BCUT2D eigenvalue weighted by Crippen LogP contribution is 2.53. The Morgan fingerprint density at radius 1 is 1.09 bits per heavy atom. The van der Waals surface area contributed by atoms with Gasteiger partial charge in [0.2, 0.25) is 0 Å². The molecule has 0 heterocycles. The molecular formula is C30H55FO3. The van der Waals surface area contributed by atoms with Gasteiger partial charge >= 0.3 is 5.97 Å². The first-order chi connectivity index (χ1) is 16.0. The molecule has 0 bridgehead atoms. The van der Waals surface area contributed by atoms with Gasteiger partial charge in [-0.2, -0.15) is 0 Å². The number of hydrogen-bond acceptors (Lipinski definition) is 3. The number of hydrogen-bond donors (Lipinski definition) is 0.